The molecule has 5 nitrogen and oxygen atoms in total. The summed E-state index contributed by atoms with van der Waals surface area (Å²) >= 11 is 0. The predicted molar refractivity (Wildman–Crippen MR) is 85.1 cm³/mol. The van der Waals surface area contributed by atoms with Crippen LogP contribution < -0.4 is 0 Å². The van der Waals surface area contributed by atoms with Crippen molar-refractivity contribution in [2.24, 2.45) is 0 Å². The Morgan fingerprint density at radius 1 is 1.23 bits per heavy atom. The Morgan fingerprint density at radius 2 is 2.09 bits per heavy atom. The first-order valence-electron chi connectivity index (χ1n) is 6.93. The van der Waals surface area contributed by atoms with Crippen molar-refractivity contribution >= 4 is 27.8 Å². The number of aromatic nitrogens is 3. The molecule has 0 spiro atoms. The van der Waals surface area contributed by atoms with Crippen LogP contribution in [0.3, 0.4) is 0 Å². The Kier molecular flexibility index (Phi) is 2.56. The number of rotatable bonds is 2. The number of nitrogens with zero attached hydrogens (tertiary/aromatic N) is 1. The Morgan fingerprint density at radius 3 is 2.91 bits per heavy atom. The molecule has 0 unspecified atom stereocenters. The van der Waals surface area contributed by atoms with Crippen LogP contribution in [0.1, 0.15) is 16.1 Å². The number of carboxylic acids is 1. The van der Waals surface area contributed by atoms with Gasteiger partial charge in [0.15, 0.2) is 0 Å². The number of hydrogen-bond donors (Lipinski definition) is 3. The van der Waals surface area contributed by atoms with Gasteiger partial charge in [-0.3, -0.25) is 5.10 Å². The molecule has 0 aliphatic carbocycles. The number of para-hydroxylation sites is 1. The van der Waals surface area contributed by atoms with Crippen molar-refractivity contribution in [2.75, 3.05) is 0 Å². The predicted octanol–water partition coefficient (Wildman–Crippen LogP) is 3.72. The summed E-state index contributed by atoms with van der Waals surface area (Å²) in [5.74, 6) is -0.963. The molecule has 5 heteroatoms. The molecule has 4 rings (SSSR count). The van der Waals surface area contributed by atoms with Crippen molar-refractivity contribution in [3.8, 4) is 11.1 Å². The summed E-state index contributed by atoms with van der Waals surface area (Å²) in [6.07, 6.45) is 1.75. The monoisotopic (exact) mass is 291 g/mol. The van der Waals surface area contributed by atoms with Crippen LogP contribution in [-0.4, -0.2) is 26.3 Å². The molecule has 0 radical (unpaired) electrons. The van der Waals surface area contributed by atoms with Gasteiger partial charge in [-0.05, 0) is 24.1 Å². The number of nitrogens with one attached hydrogen (secondary N) is 2. The fourth-order valence-corrected chi connectivity index (χ4v) is 2.92. The van der Waals surface area contributed by atoms with Crippen LogP contribution in [0.4, 0.5) is 0 Å². The highest BCUT2D eigenvalue weighted by atomic mass is 16.4. The topological polar surface area (TPSA) is 81.8 Å². The van der Waals surface area contributed by atoms with Crippen LogP contribution in [0.15, 0.2) is 42.6 Å². The SMILES string of the molecule is Cc1cccc2c(-c3ccc4cn[nH]c4c3)c(C(=O)O)[nH]c12. The van der Waals surface area contributed by atoms with Gasteiger partial charge in [0.05, 0.1) is 11.7 Å². The van der Waals surface area contributed by atoms with Gasteiger partial charge in [-0.2, -0.15) is 5.10 Å². The number of aryl methyl sites for hydroxylation is 1. The number of carbonyl (C=O) groups is 1. The Bertz CT molecular complexity index is 1030. The zero-order valence-corrected chi connectivity index (χ0v) is 11.8. The molecule has 22 heavy (non-hydrogen) atoms. The lowest BCUT2D eigenvalue weighted by atomic mass is 10.00. The molecule has 2 aromatic carbocycles. The summed E-state index contributed by atoms with van der Waals surface area (Å²) in [5.41, 5.74) is 4.54. The van der Waals surface area contributed by atoms with Crippen molar-refractivity contribution in [3.63, 3.8) is 0 Å². The van der Waals surface area contributed by atoms with E-state index in [1.807, 2.05) is 43.3 Å². The van der Waals surface area contributed by atoms with E-state index in [1.165, 1.54) is 0 Å². The van der Waals surface area contributed by atoms with Crippen LogP contribution in [-0.2, 0) is 0 Å². The summed E-state index contributed by atoms with van der Waals surface area (Å²) in [4.78, 5) is 14.7. The average Bonchev–Trinajstić information content (AvgIpc) is 3.11. The number of benzene rings is 2. The zero-order valence-electron chi connectivity index (χ0n) is 11.8. The van der Waals surface area contributed by atoms with Gasteiger partial charge in [-0.25, -0.2) is 4.79 Å². The van der Waals surface area contributed by atoms with E-state index >= 15 is 0 Å². The highest BCUT2D eigenvalue weighted by Crippen LogP contribution is 2.35. The lowest BCUT2D eigenvalue weighted by Crippen LogP contribution is -1.98. The molecule has 0 saturated carbocycles. The normalized spacial score (nSPS) is 11.3. The van der Waals surface area contributed by atoms with E-state index in [9.17, 15) is 9.90 Å². The van der Waals surface area contributed by atoms with E-state index in [0.717, 1.165) is 32.9 Å². The smallest absolute Gasteiger partial charge is 0.352 e. The third-order valence-corrected chi connectivity index (χ3v) is 3.99. The first kappa shape index (κ1) is 12.6. The van der Waals surface area contributed by atoms with E-state index in [-0.39, 0.29) is 5.69 Å². The minimum Gasteiger partial charge on any atom is -0.477 e. The van der Waals surface area contributed by atoms with Gasteiger partial charge < -0.3 is 10.1 Å². The van der Waals surface area contributed by atoms with Crippen molar-refractivity contribution in [1.29, 1.82) is 0 Å². The van der Waals surface area contributed by atoms with Gasteiger partial charge in [0.25, 0.3) is 0 Å². The highest BCUT2D eigenvalue weighted by molar-refractivity contribution is 6.08. The summed E-state index contributed by atoms with van der Waals surface area (Å²) in [7, 11) is 0. The number of carboxylic acid groups (broad SMARTS) is 1. The quantitative estimate of drug-likeness (QED) is 0.526. The Hall–Kier alpha value is -3.08. The molecular weight excluding hydrogens is 278 g/mol. The maximum atomic E-state index is 11.6. The van der Waals surface area contributed by atoms with Crippen molar-refractivity contribution < 1.29 is 9.90 Å². The van der Waals surface area contributed by atoms with Crippen molar-refractivity contribution in [1.82, 2.24) is 15.2 Å². The molecule has 0 bridgehead atoms. The van der Waals surface area contributed by atoms with Gasteiger partial charge in [0.2, 0.25) is 0 Å². The second-order valence-corrected chi connectivity index (χ2v) is 5.35. The highest BCUT2D eigenvalue weighted by Gasteiger charge is 2.19. The molecule has 3 N–H and O–H groups in total. The lowest BCUT2D eigenvalue weighted by molar-refractivity contribution is 0.0692. The van der Waals surface area contributed by atoms with Crippen molar-refractivity contribution in [2.45, 2.75) is 6.92 Å². The van der Waals surface area contributed by atoms with Crippen LogP contribution in [0.25, 0.3) is 32.9 Å². The number of aromatic carboxylic acids is 1. The number of hydrogen-bond acceptors (Lipinski definition) is 2. The Balaban J connectivity index is 2.09. The van der Waals surface area contributed by atoms with E-state index in [2.05, 4.69) is 15.2 Å². The van der Waals surface area contributed by atoms with Crippen LogP contribution in [0.2, 0.25) is 0 Å². The fourth-order valence-electron chi connectivity index (χ4n) is 2.92. The maximum absolute atomic E-state index is 11.6. The van der Waals surface area contributed by atoms with Crippen LogP contribution in [0, 0.1) is 6.92 Å². The summed E-state index contributed by atoms with van der Waals surface area (Å²) in [5, 5.41) is 18.4. The molecule has 0 aliphatic heterocycles. The van der Waals surface area contributed by atoms with Gasteiger partial charge in [-0.1, -0.05) is 30.3 Å². The van der Waals surface area contributed by atoms with Crippen LogP contribution in [0.5, 0.6) is 0 Å². The summed E-state index contributed by atoms with van der Waals surface area (Å²) in [6, 6.07) is 11.6. The molecule has 0 amide bonds. The minimum absolute atomic E-state index is 0.211. The number of fused-ring (bicyclic) bond motifs is 2. The molecule has 0 atom stereocenters. The maximum Gasteiger partial charge on any atom is 0.352 e. The molecular formula is C17H13N3O2. The standard InChI is InChI=1S/C17H13N3O2/c1-9-3-2-4-12-14(16(17(21)22)19-15(9)12)10-5-6-11-8-18-20-13(11)7-10/h2-8,19H,1H3,(H,18,20)(H,21,22). The third kappa shape index (κ3) is 1.72. The minimum atomic E-state index is -0.963. The molecule has 2 heterocycles. The molecule has 0 fully saturated rings. The van der Waals surface area contributed by atoms with E-state index < -0.39 is 5.97 Å². The number of aromatic amines is 2. The van der Waals surface area contributed by atoms with Gasteiger partial charge in [-0.15, -0.1) is 0 Å². The molecule has 108 valence electrons. The van der Waals surface area contributed by atoms with E-state index in [0.29, 0.717) is 5.56 Å². The van der Waals surface area contributed by atoms with Crippen molar-refractivity contribution in [3.05, 3.63) is 53.9 Å². The largest absolute Gasteiger partial charge is 0.477 e. The molecule has 2 aromatic heterocycles. The second-order valence-electron chi connectivity index (χ2n) is 5.35. The first-order chi connectivity index (χ1) is 10.6. The summed E-state index contributed by atoms with van der Waals surface area (Å²) in [6.45, 7) is 1.96. The second kappa shape index (κ2) is 4.46. The third-order valence-electron chi connectivity index (χ3n) is 3.99. The lowest BCUT2D eigenvalue weighted by Gasteiger charge is -2.03. The molecule has 0 saturated heterocycles. The van der Waals surface area contributed by atoms with Gasteiger partial charge >= 0.3 is 5.97 Å². The molecule has 0 aliphatic rings. The Labute approximate surface area is 125 Å². The van der Waals surface area contributed by atoms with E-state index in [4.69, 9.17) is 0 Å². The summed E-state index contributed by atoms with van der Waals surface area (Å²) < 4.78 is 0. The first-order valence-corrected chi connectivity index (χ1v) is 6.93. The zero-order chi connectivity index (χ0) is 15.3. The van der Waals surface area contributed by atoms with Crippen LogP contribution >= 0.6 is 0 Å². The number of H-pyrrole nitrogens is 2. The van der Waals surface area contributed by atoms with Gasteiger partial charge in [0, 0.05) is 21.9 Å². The fraction of sp³-hybridized carbons (Fsp3) is 0.0588. The van der Waals surface area contributed by atoms with E-state index in [1.54, 1.807) is 6.20 Å². The van der Waals surface area contributed by atoms with Gasteiger partial charge in [0.1, 0.15) is 5.69 Å². The average molecular weight is 291 g/mol. The molecule has 4 aromatic rings.